The van der Waals surface area contributed by atoms with Gasteiger partial charge in [-0.1, -0.05) is 13.8 Å². The van der Waals surface area contributed by atoms with Crippen molar-refractivity contribution in [2.24, 2.45) is 23.7 Å². The predicted octanol–water partition coefficient (Wildman–Crippen LogP) is 3.72. The van der Waals surface area contributed by atoms with Crippen molar-refractivity contribution >= 4 is 5.78 Å². The van der Waals surface area contributed by atoms with Gasteiger partial charge in [-0.2, -0.15) is 18.4 Å². The molecule has 1 aliphatic rings. The van der Waals surface area contributed by atoms with Gasteiger partial charge in [0.2, 0.25) is 0 Å². The summed E-state index contributed by atoms with van der Waals surface area (Å²) in [6, 6.07) is 1.97. The summed E-state index contributed by atoms with van der Waals surface area (Å²) in [4.78, 5) is 12.0. The molecule has 5 heteroatoms. The Balaban J connectivity index is 2.58. The third-order valence-corrected chi connectivity index (χ3v) is 3.70. The lowest BCUT2D eigenvalue weighted by atomic mass is 9.75. The molecule has 18 heavy (non-hydrogen) atoms. The molecular weight excluding hydrogens is 243 g/mol. The molecule has 1 aliphatic carbocycles. The van der Waals surface area contributed by atoms with Gasteiger partial charge >= 0.3 is 6.18 Å². The molecule has 0 bridgehead atoms. The molecule has 0 aliphatic heterocycles. The van der Waals surface area contributed by atoms with Crippen molar-refractivity contribution in [2.45, 2.75) is 45.7 Å². The molecule has 1 rings (SSSR count). The maximum Gasteiger partial charge on any atom is 0.391 e. The average Bonchev–Trinajstić information content (AvgIpc) is 2.28. The Labute approximate surface area is 105 Å². The van der Waals surface area contributed by atoms with Gasteiger partial charge in [0, 0.05) is 5.92 Å². The molecule has 0 amide bonds. The summed E-state index contributed by atoms with van der Waals surface area (Å²) in [5.41, 5.74) is 0. The van der Waals surface area contributed by atoms with Gasteiger partial charge in [-0.25, -0.2) is 0 Å². The highest BCUT2D eigenvalue weighted by Gasteiger charge is 2.43. The van der Waals surface area contributed by atoms with E-state index in [9.17, 15) is 18.0 Å². The van der Waals surface area contributed by atoms with Crippen molar-refractivity contribution in [3.05, 3.63) is 0 Å². The van der Waals surface area contributed by atoms with E-state index in [1.807, 2.05) is 6.07 Å². The van der Waals surface area contributed by atoms with Gasteiger partial charge in [-0.15, -0.1) is 0 Å². The zero-order valence-electron chi connectivity index (χ0n) is 10.6. The molecule has 0 saturated heterocycles. The van der Waals surface area contributed by atoms with Crippen LogP contribution >= 0.6 is 0 Å². The minimum absolute atomic E-state index is 0.0101. The molecule has 1 unspecified atom stereocenters. The van der Waals surface area contributed by atoms with Gasteiger partial charge in [0.15, 0.2) is 5.78 Å². The van der Waals surface area contributed by atoms with Crippen molar-refractivity contribution in [2.75, 3.05) is 0 Å². The first-order chi connectivity index (χ1) is 8.27. The van der Waals surface area contributed by atoms with Gasteiger partial charge < -0.3 is 0 Å². The standard InChI is InChI=1S/C13H18F3NO/c1-8(2)11(7-17)12(18)9-3-5-10(6-4-9)13(14,15)16/h8-11H,3-6H2,1-2H3. The number of nitriles is 1. The van der Waals surface area contributed by atoms with Gasteiger partial charge in [-0.3, -0.25) is 4.79 Å². The Morgan fingerprint density at radius 2 is 1.72 bits per heavy atom. The van der Waals surface area contributed by atoms with Crippen LogP contribution < -0.4 is 0 Å². The molecule has 0 spiro atoms. The van der Waals surface area contributed by atoms with Crippen molar-refractivity contribution < 1.29 is 18.0 Å². The van der Waals surface area contributed by atoms with E-state index < -0.39 is 18.0 Å². The van der Waals surface area contributed by atoms with E-state index in [1.165, 1.54) is 0 Å². The van der Waals surface area contributed by atoms with E-state index in [1.54, 1.807) is 13.8 Å². The van der Waals surface area contributed by atoms with Crippen LogP contribution in [0.5, 0.6) is 0 Å². The van der Waals surface area contributed by atoms with Crippen molar-refractivity contribution in [3.8, 4) is 6.07 Å². The summed E-state index contributed by atoms with van der Waals surface area (Å²) < 4.78 is 37.5. The fourth-order valence-electron chi connectivity index (χ4n) is 2.50. The first-order valence-electron chi connectivity index (χ1n) is 6.27. The number of carbonyl (C=O) groups is 1. The number of nitrogens with zero attached hydrogens (tertiary/aromatic N) is 1. The minimum atomic E-state index is -4.15. The number of Topliss-reactive ketones (excluding diaryl/α,β-unsaturated/α-hetero) is 1. The Morgan fingerprint density at radius 1 is 1.22 bits per heavy atom. The summed E-state index contributed by atoms with van der Waals surface area (Å²) in [5, 5.41) is 8.93. The van der Waals surface area contributed by atoms with Crippen LogP contribution in [0.15, 0.2) is 0 Å². The quantitative estimate of drug-likeness (QED) is 0.776. The molecule has 1 atom stereocenters. The second-order valence-electron chi connectivity index (χ2n) is 5.34. The Morgan fingerprint density at radius 3 is 2.06 bits per heavy atom. The van der Waals surface area contributed by atoms with Crippen molar-refractivity contribution in [3.63, 3.8) is 0 Å². The molecule has 102 valence electrons. The number of carbonyl (C=O) groups excluding carboxylic acids is 1. The molecule has 2 nitrogen and oxygen atoms in total. The van der Waals surface area contributed by atoms with Gasteiger partial charge in [-0.05, 0) is 31.6 Å². The number of halogens is 3. The van der Waals surface area contributed by atoms with Crippen LogP contribution in [0.1, 0.15) is 39.5 Å². The first kappa shape index (κ1) is 15.0. The number of ketones is 1. The van der Waals surface area contributed by atoms with E-state index in [4.69, 9.17) is 5.26 Å². The molecule has 0 radical (unpaired) electrons. The van der Waals surface area contributed by atoms with E-state index in [2.05, 4.69) is 0 Å². The SMILES string of the molecule is CC(C)C(C#N)C(=O)C1CCC(C(F)(F)F)CC1. The van der Waals surface area contributed by atoms with Gasteiger partial charge in [0.1, 0.15) is 5.92 Å². The normalized spacial score (nSPS) is 26.7. The Bertz CT molecular complexity index is 335. The Hall–Kier alpha value is -1.05. The van der Waals surface area contributed by atoms with Crippen LogP contribution in [-0.2, 0) is 4.79 Å². The maximum absolute atomic E-state index is 12.5. The zero-order valence-corrected chi connectivity index (χ0v) is 10.6. The van der Waals surface area contributed by atoms with Gasteiger partial charge in [0.05, 0.1) is 12.0 Å². The van der Waals surface area contributed by atoms with Crippen LogP contribution in [0.25, 0.3) is 0 Å². The van der Waals surface area contributed by atoms with E-state index in [0.29, 0.717) is 0 Å². The van der Waals surface area contributed by atoms with Gasteiger partial charge in [0.25, 0.3) is 0 Å². The van der Waals surface area contributed by atoms with Crippen molar-refractivity contribution in [1.82, 2.24) is 0 Å². The van der Waals surface area contributed by atoms with E-state index in [0.717, 1.165) is 0 Å². The molecule has 0 aromatic carbocycles. The topological polar surface area (TPSA) is 40.9 Å². The third-order valence-electron chi connectivity index (χ3n) is 3.70. The molecule has 0 N–H and O–H groups in total. The molecule has 1 saturated carbocycles. The second kappa shape index (κ2) is 5.73. The molecular formula is C13H18F3NO. The van der Waals surface area contributed by atoms with Crippen LogP contribution in [0.2, 0.25) is 0 Å². The molecule has 1 fully saturated rings. The maximum atomic E-state index is 12.5. The first-order valence-corrected chi connectivity index (χ1v) is 6.27. The van der Waals surface area contributed by atoms with E-state index in [-0.39, 0.29) is 43.3 Å². The fourth-order valence-corrected chi connectivity index (χ4v) is 2.50. The summed E-state index contributed by atoms with van der Waals surface area (Å²) in [5.74, 6) is -2.58. The summed E-state index contributed by atoms with van der Waals surface area (Å²) >= 11 is 0. The lowest BCUT2D eigenvalue weighted by molar-refractivity contribution is -0.184. The summed E-state index contributed by atoms with van der Waals surface area (Å²) in [6.45, 7) is 3.57. The summed E-state index contributed by atoms with van der Waals surface area (Å²) in [7, 11) is 0. The average molecular weight is 261 g/mol. The number of hydrogen-bond donors (Lipinski definition) is 0. The van der Waals surface area contributed by atoms with Crippen LogP contribution in [0.4, 0.5) is 13.2 Å². The van der Waals surface area contributed by atoms with Crippen LogP contribution in [-0.4, -0.2) is 12.0 Å². The number of alkyl halides is 3. The highest BCUT2D eigenvalue weighted by atomic mass is 19.4. The second-order valence-corrected chi connectivity index (χ2v) is 5.34. The predicted molar refractivity (Wildman–Crippen MR) is 60.5 cm³/mol. The summed E-state index contributed by atoms with van der Waals surface area (Å²) in [6.07, 6.45) is -3.62. The van der Waals surface area contributed by atoms with E-state index >= 15 is 0 Å². The number of rotatable bonds is 3. The lowest BCUT2D eigenvalue weighted by Gasteiger charge is -2.30. The Kier molecular flexibility index (Phi) is 4.78. The minimum Gasteiger partial charge on any atom is -0.298 e. The monoisotopic (exact) mass is 261 g/mol. The number of hydrogen-bond acceptors (Lipinski definition) is 2. The smallest absolute Gasteiger partial charge is 0.298 e. The molecule has 0 aromatic heterocycles. The van der Waals surface area contributed by atoms with Crippen LogP contribution in [0, 0.1) is 35.0 Å². The third kappa shape index (κ3) is 3.47. The zero-order chi connectivity index (χ0) is 13.9. The fraction of sp³-hybridized carbons (Fsp3) is 0.846. The molecule has 0 heterocycles. The highest BCUT2D eigenvalue weighted by Crippen LogP contribution is 2.40. The molecule has 0 aromatic rings. The lowest BCUT2D eigenvalue weighted by Crippen LogP contribution is -2.33. The van der Waals surface area contributed by atoms with Crippen LogP contribution in [0.3, 0.4) is 0 Å². The van der Waals surface area contributed by atoms with Crippen molar-refractivity contribution in [1.29, 1.82) is 5.26 Å². The highest BCUT2D eigenvalue weighted by molar-refractivity contribution is 5.85. The largest absolute Gasteiger partial charge is 0.391 e.